The number of anilines is 2. The standard InChI is InChI=1S/C7H12N5O.ClH.Hg/c1-4(13)3-9-7-11-5(2)10-6(8)12-7;;/h4,13H,1,3H2,2H3,(H3,8,9,10,11,12);1H;/q;;+1/p-1. The number of aliphatic hydroxyl groups is 1. The average molecular weight is 418 g/mol. The zero-order valence-corrected chi connectivity index (χ0v) is 14.7. The van der Waals surface area contributed by atoms with Crippen LogP contribution in [0.1, 0.15) is 5.82 Å². The maximum absolute atomic E-state index is 9.46. The SMILES string of the molecule is Cc1nc(N)nc(NCC(O)[CH2][Hg][Cl])n1. The summed E-state index contributed by atoms with van der Waals surface area (Å²) in [7, 11) is 5.70. The molecule has 0 aromatic carbocycles. The summed E-state index contributed by atoms with van der Waals surface area (Å²) in [4.78, 5) is 11.8. The van der Waals surface area contributed by atoms with Gasteiger partial charge in [0, 0.05) is 0 Å². The topological polar surface area (TPSA) is 97.0 Å². The first-order valence-electron chi connectivity index (χ1n) is 4.58. The van der Waals surface area contributed by atoms with Gasteiger partial charge in [-0.15, -0.1) is 0 Å². The summed E-state index contributed by atoms with van der Waals surface area (Å²) in [6.07, 6.45) is -0.414. The van der Waals surface area contributed by atoms with Gasteiger partial charge in [0.15, 0.2) is 0 Å². The van der Waals surface area contributed by atoms with Crippen molar-refractivity contribution in [2.45, 2.75) is 17.0 Å². The van der Waals surface area contributed by atoms with E-state index in [2.05, 4.69) is 20.3 Å². The maximum atomic E-state index is 9.46. The summed E-state index contributed by atoms with van der Waals surface area (Å²) >= 11 is -1.28. The van der Waals surface area contributed by atoms with Crippen LogP contribution in [0.3, 0.4) is 0 Å². The second-order valence-corrected chi connectivity index (χ2v) is 10.1. The second kappa shape index (κ2) is 6.39. The van der Waals surface area contributed by atoms with Gasteiger partial charge in [-0.1, -0.05) is 0 Å². The number of aryl methyl sites for hydroxylation is 1. The number of nitrogens with one attached hydrogen (secondary N) is 1. The number of hydrogen-bond acceptors (Lipinski definition) is 6. The van der Waals surface area contributed by atoms with Crippen molar-refractivity contribution in [3.63, 3.8) is 0 Å². The van der Waals surface area contributed by atoms with E-state index in [1.165, 1.54) is 0 Å². The molecule has 0 fully saturated rings. The Morgan fingerprint density at radius 1 is 1.53 bits per heavy atom. The molecule has 0 aliphatic rings. The quantitative estimate of drug-likeness (QED) is 0.591. The number of nitrogens with zero attached hydrogens (tertiary/aromatic N) is 3. The molecule has 0 bridgehead atoms. The molecule has 1 atom stereocenters. The van der Waals surface area contributed by atoms with Crippen LogP contribution in [0.5, 0.6) is 0 Å². The molecule has 0 saturated carbocycles. The van der Waals surface area contributed by atoms with Crippen molar-refractivity contribution >= 4 is 20.1 Å². The summed E-state index contributed by atoms with van der Waals surface area (Å²) in [6.45, 7) is 2.13. The zero-order valence-electron chi connectivity index (χ0n) is 8.44. The fourth-order valence-electron chi connectivity index (χ4n) is 1.02. The Morgan fingerprint density at radius 2 is 2.27 bits per heavy atom. The van der Waals surface area contributed by atoms with E-state index >= 15 is 0 Å². The van der Waals surface area contributed by atoms with Crippen molar-refractivity contribution in [3.05, 3.63) is 5.82 Å². The molecule has 0 spiro atoms. The van der Waals surface area contributed by atoms with Crippen molar-refractivity contribution in [1.82, 2.24) is 15.0 Å². The van der Waals surface area contributed by atoms with Crippen LogP contribution in [0.2, 0.25) is 3.93 Å². The minimum atomic E-state index is -1.28. The number of rotatable bonds is 5. The minimum absolute atomic E-state index is 0.178. The first kappa shape index (κ1) is 12.9. The first-order chi connectivity index (χ1) is 7.11. The fourth-order valence-corrected chi connectivity index (χ4v) is 5.00. The Morgan fingerprint density at radius 3 is 2.87 bits per heavy atom. The Labute approximate surface area is 104 Å². The summed E-state index contributed by atoms with van der Waals surface area (Å²) in [5.41, 5.74) is 5.45. The van der Waals surface area contributed by atoms with E-state index in [9.17, 15) is 5.11 Å². The Kier molecular flexibility index (Phi) is 5.48. The summed E-state index contributed by atoms with van der Waals surface area (Å²) in [6, 6.07) is 0. The van der Waals surface area contributed by atoms with Crippen molar-refractivity contribution in [1.29, 1.82) is 0 Å². The van der Waals surface area contributed by atoms with E-state index in [1.807, 2.05) is 0 Å². The van der Waals surface area contributed by atoms with Crippen molar-refractivity contribution in [3.8, 4) is 0 Å². The summed E-state index contributed by atoms with van der Waals surface area (Å²) in [5, 5.41) is 12.4. The molecule has 0 saturated heterocycles. The van der Waals surface area contributed by atoms with Crippen molar-refractivity contribution in [2.24, 2.45) is 0 Å². The third-order valence-electron chi connectivity index (χ3n) is 1.70. The van der Waals surface area contributed by atoms with Gasteiger partial charge in [-0.2, -0.15) is 0 Å². The Bertz CT molecular complexity index is 306. The van der Waals surface area contributed by atoms with Crippen LogP contribution in [0.4, 0.5) is 11.9 Å². The van der Waals surface area contributed by atoms with Crippen LogP contribution in [0.25, 0.3) is 0 Å². The third-order valence-corrected chi connectivity index (χ3v) is 7.06. The fraction of sp³-hybridized carbons (Fsp3) is 0.571. The number of aliphatic hydroxyl groups excluding tert-OH is 1. The molecular formula is C7H12ClHgN5O. The number of aromatic nitrogens is 3. The first-order valence-corrected chi connectivity index (χ1v) is 15.2. The molecular weight excluding hydrogens is 406 g/mol. The van der Waals surface area contributed by atoms with Gasteiger partial charge in [0.05, 0.1) is 0 Å². The van der Waals surface area contributed by atoms with Crippen LogP contribution in [0, 0.1) is 6.92 Å². The zero-order chi connectivity index (χ0) is 11.3. The van der Waals surface area contributed by atoms with Crippen molar-refractivity contribution < 1.29 is 28.4 Å². The number of nitrogens with two attached hydrogens (primary N) is 1. The van der Waals surface area contributed by atoms with Gasteiger partial charge in [-0.25, -0.2) is 0 Å². The van der Waals surface area contributed by atoms with Gasteiger partial charge in [-0.3, -0.25) is 0 Å². The van der Waals surface area contributed by atoms with E-state index < -0.39 is 29.4 Å². The van der Waals surface area contributed by atoms with Crippen LogP contribution >= 0.6 is 8.25 Å². The molecule has 1 aromatic heterocycles. The molecule has 1 heterocycles. The predicted octanol–water partition coefficient (Wildman–Crippen LogP) is 0.190. The van der Waals surface area contributed by atoms with Crippen LogP contribution in [-0.4, -0.2) is 32.7 Å². The van der Waals surface area contributed by atoms with Crippen LogP contribution in [0.15, 0.2) is 0 Å². The molecule has 4 N–H and O–H groups in total. The van der Waals surface area contributed by atoms with E-state index in [0.717, 1.165) is 3.93 Å². The molecule has 80 valence electrons. The van der Waals surface area contributed by atoms with Gasteiger partial charge in [0.2, 0.25) is 0 Å². The molecule has 1 rings (SSSR count). The third kappa shape index (κ3) is 4.90. The van der Waals surface area contributed by atoms with Crippen LogP contribution < -0.4 is 11.1 Å². The molecule has 8 heteroatoms. The number of halogens is 1. The van der Waals surface area contributed by atoms with E-state index in [0.29, 0.717) is 18.3 Å². The number of hydrogen-bond donors (Lipinski definition) is 3. The second-order valence-electron chi connectivity index (χ2n) is 3.08. The molecule has 0 aliphatic heterocycles. The average Bonchev–Trinajstić information content (AvgIpc) is 2.14. The predicted molar refractivity (Wildman–Crippen MR) is 54.1 cm³/mol. The van der Waals surface area contributed by atoms with E-state index in [4.69, 9.17) is 14.0 Å². The van der Waals surface area contributed by atoms with Gasteiger partial charge < -0.3 is 0 Å². The Hall–Kier alpha value is -0.205. The molecule has 0 amide bonds. The number of nitrogen functional groups attached to an aromatic ring is 1. The van der Waals surface area contributed by atoms with E-state index in [-0.39, 0.29) is 5.95 Å². The normalized spacial score (nSPS) is 11.9. The molecule has 6 nitrogen and oxygen atoms in total. The molecule has 15 heavy (non-hydrogen) atoms. The monoisotopic (exact) mass is 419 g/mol. The molecule has 1 aromatic rings. The molecule has 1 unspecified atom stereocenters. The summed E-state index contributed by atoms with van der Waals surface area (Å²) < 4.78 is 0.744. The van der Waals surface area contributed by atoms with Crippen molar-refractivity contribution in [2.75, 3.05) is 17.6 Å². The van der Waals surface area contributed by atoms with Gasteiger partial charge >= 0.3 is 104 Å². The Balaban J connectivity index is 2.50. The van der Waals surface area contributed by atoms with E-state index in [1.54, 1.807) is 6.92 Å². The van der Waals surface area contributed by atoms with Gasteiger partial charge in [0.25, 0.3) is 0 Å². The van der Waals surface area contributed by atoms with Gasteiger partial charge in [0.1, 0.15) is 0 Å². The molecule has 0 aliphatic carbocycles. The van der Waals surface area contributed by atoms with Crippen LogP contribution in [-0.2, 0) is 23.3 Å². The summed E-state index contributed by atoms with van der Waals surface area (Å²) in [5.74, 6) is 1.12. The molecule has 0 radical (unpaired) electrons. The van der Waals surface area contributed by atoms with Gasteiger partial charge in [-0.05, 0) is 0 Å².